The molecule has 1 saturated carbocycles. The Kier molecular flexibility index (Phi) is 8.21. The van der Waals surface area contributed by atoms with Gasteiger partial charge in [0.05, 0.1) is 0 Å². The summed E-state index contributed by atoms with van der Waals surface area (Å²) in [5, 5.41) is 0. The third-order valence-electron chi connectivity index (χ3n) is 5.07. The Morgan fingerprint density at radius 3 is 2.22 bits per heavy atom. The molecule has 0 saturated heterocycles. The van der Waals surface area contributed by atoms with Crippen molar-refractivity contribution in [2.24, 2.45) is 0 Å². The molecule has 0 amide bonds. The molecule has 1 aliphatic rings. The van der Waals surface area contributed by atoms with Gasteiger partial charge in [-0.2, -0.15) is 0 Å². The topological polar surface area (TPSA) is 0 Å². The van der Waals surface area contributed by atoms with E-state index in [0.717, 1.165) is 0 Å². The Labute approximate surface area is 143 Å². The van der Waals surface area contributed by atoms with Gasteiger partial charge >= 0.3 is 0 Å². The highest BCUT2D eigenvalue weighted by Crippen LogP contribution is 2.32. The zero-order valence-corrected chi connectivity index (χ0v) is 15.2. The van der Waals surface area contributed by atoms with Gasteiger partial charge < -0.3 is 0 Å². The van der Waals surface area contributed by atoms with Gasteiger partial charge in [-0.25, -0.2) is 0 Å². The fraction of sp³-hybridized carbons (Fsp3) is 0.565. The van der Waals surface area contributed by atoms with Crippen LogP contribution in [0.25, 0.3) is 0 Å². The van der Waals surface area contributed by atoms with Crippen molar-refractivity contribution in [1.29, 1.82) is 0 Å². The number of rotatable bonds is 10. The quantitative estimate of drug-likeness (QED) is 0.397. The number of unbranched alkanes of at least 4 members (excludes halogenated alkanes) is 7. The van der Waals surface area contributed by atoms with Gasteiger partial charge in [0.1, 0.15) is 0 Å². The van der Waals surface area contributed by atoms with E-state index < -0.39 is 0 Å². The summed E-state index contributed by atoms with van der Waals surface area (Å²) < 4.78 is 0. The molecule has 1 aliphatic carbocycles. The van der Waals surface area contributed by atoms with Crippen molar-refractivity contribution in [3.8, 4) is 0 Å². The number of allylic oxidation sites excluding steroid dienone is 4. The molecule has 1 aromatic rings. The molecule has 2 rings (SSSR count). The summed E-state index contributed by atoms with van der Waals surface area (Å²) in [6, 6.07) is 8.96. The summed E-state index contributed by atoms with van der Waals surface area (Å²) in [5.41, 5.74) is 6.12. The average molecular weight is 311 g/mol. The molecule has 1 fully saturated rings. The van der Waals surface area contributed by atoms with Gasteiger partial charge in [-0.05, 0) is 69.1 Å². The van der Waals surface area contributed by atoms with Crippen molar-refractivity contribution in [2.75, 3.05) is 0 Å². The fourth-order valence-corrected chi connectivity index (χ4v) is 3.48. The van der Waals surface area contributed by atoms with Crippen LogP contribution in [-0.4, -0.2) is 0 Å². The van der Waals surface area contributed by atoms with Gasteiger partial charge in [-0.15, -0.1) is 0 Å². The summed E-state index contributed by atoms with van der Waals surface area (Å²) in [4.78, 5) is 0. The van der Waals surface area contributed by atoms with E-state index in [9.17, 15) is 0 Å². The van der Waals surface area contributed by atoms with Crippen LogP contribution in [0, 0.1) is 6.92 Å². The molecule has 1 aromatic carbocycles. The number of aryl methyl sites for hydroxylation is 2. The Bertz CT molecular complexity index is 519. The summed E-state index contributed by atoms with van der Waals surface area (Å²) >= 11 is 0. The summed E-state index contributed by atoms with van der Waals surface area (Å²) in [6.07, 6.45) is 19.7. The van der Waals surface area contributed by atoms with Gasteiger partial charge in [-0.1, -0.05) is 74.1 Å². The smallest absolute Gasteiger partial charge is 0.0239 e. The lowest BCUT2D eigenvalue weighted by Crippen LogP contribution is -2.02. The van der Waals surface area contributed by atoms with Crippen molar-refractivity contribution in [1.82, 2.24) is 0 Å². The molecule has 0 heteroatoms. The predicted molar refractivity (Wildman–Crippen MR) is 103 cm³/mol. The first kappa shape index (κ1) is 18.0. The van der Waals surface area contributed by atoms with Crippen molar-refractivity contribution in [3.05, 3.63) is 58.7 Å². The van der Waals surface area contributed by atoms with Crippen LogP contribution < -0.4 is 0 Å². The van der Waals surface area contributed by atoms with Gasteiger partial charge in [-0.3, -0.25) is 0 Å². The molecule has 0 aliphatic heterocycles. The molecular formula is C23H34. The molecule has 0 atom stereocenters. The molecule has 0 nitrogen and oxygen atoms in total. The van der Waals surface area contributed by atoms with Crippen molar-refractivity contribution >= 4 is 0 Å². The van der Waals surface area contributed by atoms with E-state index >= 15 is 0 Å². The normalized spacial score (nSPS) is 17.7. The second-order valence-electron chi connectivity index (χ2n) is 7.05. The summed E-state index contributed by atoms with van der Waals surface area (Å²) in [7, 11) is 0. The molecule has 0 N–H and O–H groups in total. The number of hydrogen-bond donors (Lipinski definition) is 0. The molecular weight excluding hydrogens is 276 g/mol. The zero-order chi connectivity index (χ0) is 16.3. The van der Waals surface area contributed by atoms with Crippen LogP contribution in [0.2, 0.25) is 0 Å². The lowest BCUT2D eigenvalue weighted by Gasteiger charge is -2.21. The monoisotopic (exact) mass is 310 g/mol. The highest BCUT2D eigenvalue weighted by Gasteiger charge is 2.13. The molecule has 0 aromatic heterocycles. The van der Waals surface area contributed by atoms with Gasteiger partial charge in [0.2, 0.25) is 0 Å². The average Bonchev–Trinajstić information content (AvgIpc) is 2.52. The lowest BCUT2D eigenvalue weighted by atomic mass is 9.84. The third kappa shape index (κ3) is 6.77. The molecule has 0 bridgehead atoms. The van der Waals surface area contributed by atoms with Crippen molar-refractivity contribution in [2.45, 2.75) is 84.5 Å². The SMILES string of the molecule is C/C=C1/CC/C1=C/CCCCCCCCCc1cccc(C)c1. The van der Waals surface area contributed by atoms with Crippen LogP contribution in [0.15, 0.2) is 47.6 Å². The predicted octanol–water partition coefficient (Wildman–Crippen LogP) is 7.32. The van der Waals surface area contributed by atoms with E-state index in [-0.39, 0.29) is 0 Å². The van der Waals surface area contributed by atoms with Crippen LogP contribution in [0.4, 0.5) is 0 Å². The molecule has 0 radical (unpaired) electrons. The Balaban J connectivity index is 1.41. The largest absolute Gasteiger partial charge is 0.0842 e. The van der Waals surface area contributed by atoms with Crippen LogP contribution in [0.5, 0.6) is 0 Å². The first-order valence-corrected chi connectivity index (χ1v) is 9.69. The Morgan fingerprint density at radius 2 is 1.57 bits per heavy atom. The van der Waals surface area contributed by atoms with E-state index in [4.69, 9.17) is 0 Å². The van der Waals surface area contributed by atoms with Crippen LogP contribution in [-0.2, 0) is 6.42 Å². The maximum atomic E-state index is 2.49. The highest BCUT2D eigenvalue weighted by atomic mass is 14.2. The Morgan fingerprint density at radius 1 is 0.870 bits per heavy atom. The van der Waals surface area contributed by atoms with E-state index in [2.05, 4.69) is 50.3 Å². The lowest BCUT2D eigenvalue weighted by molar-refractivity contribution is 0.580. The minimum Gasteiger partial charge on any atom is -0.0842 e. The number of hydrogen-bond acceptors (Lipinski definition) is 0. The van der Waals surface area contributed by atoms with Crippen molar-refractivity contribution in [3.63, 3.8) is 0 Å². The first-order valence-electron chi connectivity index (χ1n) is 9.69. The maximum absolute atomic E-state index is 2.49. The highest BCUT2D eigenvalue weighted by molar-refractivity contribution is 5.38. The molecule has 126 valence electrons. The van der Waals surface area contributed by atoms with Crippen molar-refractivity contribution < 1.29 is 0 Å². The molecule has 0 spiro atoms. The van der Waals surface area contributed by atoms with Crippen LogP contribution >= 0.6 is 0 Å². The molecule has 23 heavy (non-hydrogen) atoms. The second kappa shape index (κ2) is 10.5. The van der Waals surface area contributed by atoms with Gasteiger partial charge in [0, 0.05) is 0 Å². The zero-order valence-electron chi connectivity index (χ0n) is 15.2. The van der Waals surface area contributed by atoms with Crippen LogP contribution in [0.3, 0.4) is 0 Å². The van der Waals surface area contributed by atoms with E-state index in [1.165, 1.54) is 81.8 Å². The molecule has 0 heterocycles. The second-order valence-corrected chi connectivity index (χ2v) is 7.05. The summed E-state index contributed by atoms with van der Waals surface area (Å²) in [5.74, 6) is 0. The third-order valence-corrected chi connectivity index (χ3v) is 5.07. The first-order chi connectivity index (χ1) is 11.3. The maximum Gasteiger partial charge on any atom is -0.0239 e. The van der Waals surface area contributed by atoms with Crippen LogP contribution in [0.1, 0.15) is 82.3 Å². The van der Waals surface area contributed by atoms with E-state index in [1.54, 1.807) is 11.1 Å². The standard InChI is InChI=1S/C23H34/c1-3-22-17-18-23(22)16-11-9-7-5-4-6-8-10-14-21-15-12-13-20(2)19-21/h3,12-13,15-16,19H,4-11,14,17-18H2,1-2H3/b22-3-,23-16-. The Hall–Kier alpha value is -1.30. The minimum atomic E-state index is 1.25. The van der Waals surface area contributed by atoms with Gasteiger partial charge in [0.25, 0.3) is 0 Å². The number of benzene rings is 1. The molecule has 0 unspecified atom stereocenters. The van der Waals surface area contributed by atoms with Gasteiger partial charge in [0.15, 0.2) is 0 Å². The fourth-order valence-electron chi connectivity index (χ4n) is 3.48. The van der Waals surface area contributed by atoms with E-state index in [0.29, 0.717) is 0 Å². The summed E-state index contributed by atoms with van der Waals surface area (Å²) in [6.45, 7) is 4.35. The minimum absolute atomic E-state index is 1.25. The van der Waals surface area contributed by atoms with E-state index in [1.807, 2.05) is 0 Å².